The van der Waals surface area contributed by atoms with Gasteiger partial charge in [-0.3, -0.25) is 10.1 Å². The first-order valence-corrected chi connectivity index (χ1v) is 6.89. The maximum absolute atomic E-state index is 11.1. The molecule has 0 N–H and O–H groups in total. The van der Waals surface area contributed by atoms with Crippen LogP contribution in [-0.2, 0) is 5.33 Å². The number of nitro benzene ring substituents is 1. The van der Waals surface area contributed by atoms with E-state index in [4.69, 9.17) is 0 Å². The van der Waals surface area contributed by atoms with Gasteiger partial charge < -0.3 is 4.90 Å². The minimum Gasteiger partial charge on any atom is -0.363 e. The molecule has 0 radical (unpaired) electrons. The summed E-state index contributed by atoms with van der Waals surface area (Å²) in [5, 5.41) is 11.8. The second-order valence-corrected chi connectivity index (χ2v) is 4.79. The molecule has 2 rings (SSSR count). The van der Waals surface area contributed by atoms with Crippen LogP contribution in [0.5, 0.6) is 0 Å². The van der Waals surface area contributed by atoms with E-state index in [1.165, 1.54) is 0 Å². The Morgan fingerprint density at radius 2 is 2.24 bits per heavy atom. The number of rotatable bonds is 5. The topological polar surface area (TPSA) is 46.4 Å². The normalized spacial score (nSPS) is 14.7. The van der Waals surface area contributed by atoms with Crippen molar-refractivity contribution in [3.8, 4) is 0 Å². The van der Waals surface area contributed by atoms with Crippen LogP contribution < -0.4 is 4.90 Å². The van der Waals surface area contributed by atoms with E-state index in [9.17, 15) is 10.1 Å². The van der Waals surface area contributed by atoms with Gasteiger partial charge in [0.2, 0.25) is 0 Å². The highest BCUT2D eigenvalue weighted by atomic mass is 79.9. The lowest BCUT2D eigenvalue weighted by Gasteiger charge is -2.22. The highest BCUT2D eigenvalue weighted by Crippen LogP contribution is 2.37. The number of halogens is 1. The number of nitro groups is 1. The quantitative estimate of drug-likeness (QED) is 0.475. The summed E-state index contributed by atoms with van der Waals surface area (Å²) in [5.41, 5.74) is 1.91. The summed E-state index contributed by atoms with van der Waals surface area (Å²) in [6.45, 7) is 2.86. The third kappa shape index (κ3) is 2.60. The fourth-order valence-corrected chi connectivity index (χ4v) is 2.40. The van der Waals surface area contributed by atoms with Crippen molar-refractivity contribution in [3.05, 3.63) is 33.9 Å². The lowest BCUT2D eigenvalue weighted by molar-refractivity contribution is -0.384. The molecule has 92 valence electrons. The summed E-state index contributed by atoms with van der Waals surface area (Å²) < 4.78 is 0. The zero-order chi connectivity index (χ0) is 12.4. The van der Waals surface area contributed by atoms with Gasteiger partial charge in [-0.2, -0.15) is 0 Å². The molecule has 0 aliphatic heterocycles. The van der Waals surface area contributed by atoms with E-state index in [1.807, 2.05) is 19.1 Å². The number of hydrogen-bond donors (Lipinski definition) is 0. The SMILES string of the molecule is CCN(c1ccc(CBr)cc1[N+](=O)[O-])C1CC1. The van der Waals surface area contributed by atoms with Crippen molar-refractivity contribution < 1.29 is 4.92 Å². The van der Waals surface area contributed by atoms with Crippen molar-refractivity contribution >= 4 is 27.3 Å². The largest absolute Gasteiger partial charge is 0.363 e. The van der Waals surface area contributed by atoms with Gasteiger partial charge in [0.05, 0.1) is 4.92 Å². The van der Waals surface area contributed by atoms with Crippen LogP contribution >= 0.6 is 15.9 Å². The monoisotopic (exact) mass is 298 g/mol. The Morgan fingerprint density at radius 1 is 1.53 bits per heavy atom. The molecule has 0 amide bonds. The van der Waals surface area contributed by atoms with Crippen molar-refractivity contribution in [1.82, 2.24) is 0 Å². The Bertz CT molecular complexity index is 433. The molecular weight excluding hydrogens is 284 g/mol. The molecule has 0 aromatic heterocycles. The average Bonchev–Trinajstić information content (AvgIpc) is 3.14. The predicted molar refractivity (Wildman–Crippen MR) is 71.8 cm³/mol. The highest BCUT2D eigenvalue weighted by molar-refractivity contribution is 9.08. The standard InChI is InChI=1S/C12H15BrN2O2/c1-2-14(10-4-5-10)11-6-3-9(8-13)7-12(11)15(16)17/h3,6-7,10H,2,4-5,8H2,1H3. The van der Waals surface area contributed by atoms with Crippen molar-refractivity contribution in [2.45, 2.75) is 31.1 Å². The van der Waals surface area contributed by atoms with Crippen LogP contribution in [0.25, 0.3) is 0 Å². The van der Waals surface area contributed by atoms with Crippen molar-refractivity contribution in [3.63, 3.8) is 0 Å². The highest BCUT2D eigenvalue weighted by Gasteiger charge is 2.31. The summed E-state index contributed by atoms with van der Waals surface area (Å²) in [6.07, 6.45) is 2.29. The van der Waals surface area contributed by atoms with E-state index in [1.54, 1.807) is 6.07 Å². The molecule has 0 heterocycles. The maximum Gasteiger partial charge on any atom is 0.292 e. The van der Waals surface area contributed by atoms with Crippen molar-refractivity contribution in [1.29, 1.82) is 0 Å². The lowest BCUT2D eigenvalue weighted by atomic mass is 10.1. The number of benzene rings is 1. The number of nitrogens with zero attached hydrogens (tertiary/aromatic N) is 2. The molecule has 1 aromatic rings. The minimum absolute atomic E-state index is 0.218. The first-order valence-electron chi connectivity index (χ1n) is 5.77. The summed E-state index contributed by atoms with van der Waals surface area (Å²) in [5.74, 6) is 0. The average molecular weight is 299 g/mol. The van der Waals surface area contributed by atoms with E-state index in [0.717, 1.165) is 30.6 Å². The molecule has 1 aromatic carbocycles. The molecule has 0 bridgehead atoms. The summed E-state index contributed by atoms with van der Waals surface area (Å²) >= 11 is 3.32. The molecule has 0 atom stereocenters. The maximum atomic E-state index is 11.1. The van der Waals surface area contributed by atoms with E-state index in [0.29, 0.717) is 11.4 Å². The van der Waals surface area contributed by atoms with Crippen LogP contribution in [0.4, 0.5) is 11.4 Å². The van der Waals surface area contributed by atoms with Gasteiger partial charge in [0, 0.05) is 24.0 Å². The number of hydrogen-bond acceptors (Lipinski definition) is 3. The van der Waals surface area contributed by atoms with Crippen LogP contribution in [0.15, 0.2) is 18.2 Å². The van der Waals surface area contributed by atoms with Gasteiger partial charge in [-0.1, -0.05) is 22.0 Å². The lowest BCUT2D eigenvalue weighted by Crippen LogP contribution is -2.25. The van der Waals surface area contributed by atoms with Crippen LogP contribution in [0.1, 0.15) is 25.3 Å². The summed E-state index contributed by atoms with van der Waals surface area (Å²) in [6, 6.07) is 5.97. The van der Waals surface area contributed by atoms with Gasteiger partial charge in [-0.15, -0.1) is 0 Å². The Labute approximate surface area is 109 Å². The van der Waals surface area contributed by atoms with Crippen LogP contribution in [-0.4, -0.2) is 17.5 Å². The fraction of sp³-hybridized carbons (Fsp3) is 0.500. The molecule has 1 saturated carbocycles. The second kappa shape index (κ2) is 5.04. The second-order valence-electron chi connectivity index (χ2n) is 4.23. The Hall–Kier alpha value is -1.10. The van der Waals surface area contributed by atoms with Gasteiger partial charge in [-0.05, 0) is 31.4 Å². The number of alkyl halides is 1. The van der Waals surface area contributed by atoms with Gasteiger partial charge in [-0.25, -0.2) is 0 Å². The Morgan fingerprint density at radius 3 is 2.71 bits per heavy atom. The summed E-state index contributed by atoms with van der Waals surface area (Å²) in [4.78, 5) is 13.0. The molecule has 1 aliphatic rings. The van der Waals surface area contributed by atoms with E-state index < -0.39 is 0 Å². The predicted octanol–water partition coefficient (Wildman–Crippen LogP) is 3.48. The van der Waals surface area contributed by atoms with Crippen LogP contribution in [0.3, 0.4) is 0 Å². The smallest absolute Gasteiger partial charge is 0.292 e. The zero-order valence-electron chi connectivity index (χ0n) is 9.73. The first kappa shape index (κ1) is 12.4. The molecule has 4 nitrogen and oxygen atoms in total. The van der Waals surface area contributed by atoms with Crippen LogP contribution in [0.2, 0.25) is 0 Å². The molecule has 0 unspecified atom stereocenters. The molecule has 1 aliphatic carbocycles. The molecule has 1 fully saturated rings. The van der Waals surface area contributed by atoms with Gasteiger partial charge in [0.15, 0.2) is 0 Å². The Kier molecular flexibility index (Phi) is 3.66. The van der Waals surface area contributed by atoms with Crippen molar-refractivity contribution in [2.24, 2.45) is 0 Å². The third-order valence-corrected chi connectivity index (χ3v) is 3.68. The first-order chi connectivity index (χ1) is 8.17. The zero-order valence-corrected chi connectivity index (χ0v) is 11.3. The fourth-order valence-electron chi connectivity index (χ4n) is 2.05. The minimum atomic E-state index is -0.285. The van der Waals surface area contributed by atoms with Gasteiger partial charge >= 0.3 is 0 Å². The molecule has 0 saturated heterocycles. The van der Waals surface area contributed by atoms with Gasteiger partial charge in [0.1, 0.15) is 5.69 Å². The van der Waals surface area contributed by atoms with E-state index in [2.05, 4.69) is 20.8 Å². The molecule has 17 heavy (non-hydrogen) atoms. The van der Waals surface area contributed by atoms with Crippen LogP contribution in [0, 0.1) is 10.1 Å². The number of anilines is 1. The van der Waals surface area contributed by atoms with E-state index >= 15 is 0 Å². The molecule has 0 spiro atoms. The van der Waals surface area contributed by atoms with E-state index in [-0.39, 0.29) is 10.6 Å². The summed E-state index contributed by atoms with van der Waals surface area (Å²) in [7, 11) is 0. The van der Waals surface area contributed by atoms with Gasteiger partial charge in [0.25, 0.3) is 5.69 Å². The molecular formula is C12H15BrN2O2. The third-order valence-electron chi connectivity index (χ3n) is 3.03. The Balaban J connectivity index is 2.40. The van der Waals surface area contributed by atoms with Crippen molar-refractivity contribution in [2.75, 3.05) is 11.4 Å². The molecule has 5 heteroatoms.